The minimum Gasteiger partial charge on any atom is -0.870 e. The van der Waals surface area contributed by atoms with E-state index in [4.69, 9.17) is 7.85 Å². The molecule has 0 unspecified atom stereocenters. The minimum absolute atomic E-state index is 0. The third kappa shape index (κ3) is 5.35. The van der Waals surface area contributed by atoms with Crippen LogP contribution in [0.1, 0.15) is 0 Å². The molecule has 0 saturated heterocycles. The first-order valence-electron chi connectivity index (χ1n) is 3.41. The van der Waals surface area contributed by atoms with Crippen LogP contribution in [-0.2, 0) is 10.0 Å². The molecule has 0 spiro atoms. The first-order chi connectivity index (χ1) is 5.88. The zero-order valence-electron chi connectivity index (χ0n) is 7.81. The molecule has 0 heterocycles. The van der Waals surface area contributed by atoms with Crippen molar-refractivity contribution in [3.8, 4) is 0 Å². The van der Waals surface area contributed by atoms with E-state index in [1.807, 2.05) is 4.72 Å². The predicted molar refractivity (Wildman–Crippen MR) is 54.1 cm³/mol. The standard InChI is InChI=1S/C7H7BFNO2S.2H2O/c1-13(11,12)10-7-4-5(8)2-3-6(7)9;;/h2-4,10H,1H3;2*1H2/q+2;;/p-2. The fraction of sp³-hybridized carbons (Fsp3) is 0.143. The van der Waals surface area contributed by atoms with E-state index < -0.39 is 15.8 Å². The molecule has 0 fully saturated rings. The van der Waals surface area contributed by atoms with Gasteiger partial charge in [-0.15, -0.1) is 0 Å². The monoisotopic (exact) mass is 233 g/mol. The molecule has 1 aromatic carbocycles. The summed E-state index contributed by atoms with van der Waals surface area (Å²) < 4.78 is 36.4. The number of anilines is 1. The zero-order chi connectivity index (χ0) is 10.1. The van der Waals surface area contributed by atoms with Crippen LogP contribution in [0.15, 0.2) is 18.2 Å². The van der Waals surface area contributed by atoms with Crippen molar-refractivity contribution in [3.63, 3.8) is 0 Å². The molecule has 1 aromatic rings. The molecule has 0 saturated carbocycles. The molecule has 3 N–H and O–H groups in total. The summed E-state index contributed by atoms with van der Waals surface area (Å²) >= 11 is 0. The maximum absolute atomic E-state index is 12.9. The average molecular weight is 233 g/mol. The molecule has 0 aliphatic rings. The Hall–Kier alpha value is -1.12. The summed E-state index contributed by atoms with van der Waals surface area (Å²) in [5.74, 6) is -0.653. The molecule has 8 heteroatoms. The summed E-state index contributed by atoms with van der Waals surface area (Å²) in [5.41, 5.74) is 0.162. The van der Waals surface area contributed by atoms with Crippen LogP contribution in [0.2, 0.25) is 0 Å². The number of nitrogens with one attached hydrogen (secondary N) is 1. The Balaban J connectivity index is 0. The number of benzene rings is 1. The summed E-state index contributed by atoms with van der Waals surface area (Å²) in [5, 5.41) is 0. The quantitative estimate of drug-likeness (QED) is 0.703. The van der Waals surface area contributed by atoms with Gasteiger partial charge in [0.15, 0.2) is 0 Å². The van der Waals surface area contributed by atoms with Gasteiger partial charge in [0.25, 0.3) is 0 Å². The Morgan fingerprint density at radius 2 is 1.87 bits per heavy atom. The minimum atomic E-state index is -3.46. The summed E-state index contributed by atoms with van der Waals surface area (Å²) in [6.07, 6.45) is 0.940. The first kappa shape index (κ1) is 16.3. The topological polar surface area (TPSA) is 106 Å². The SMILES string of the molecule is [B+2]c1ccc(F)c(NS(C)(=O)=O)c1.[OH-].[OH-]. The Morgan fingerprint density at radius 3 is 2.33 bits per heavy atom. The second-order valence-electron chi connectivity index (χ2n) is 2.61. The van der Waals surface area contributed by atoms with Gasteiger partial charge in [-0.25, -0.2) is 0 Å². The molecular weight excluding hydrogens is 224 g/mol. The smallest absolute Gasteiger partial charge is 0.870 e. The van der Waals surface area contributed by atoms with Crippen LogP contribution in [-0.4, -0.2) is 33.5 Å². The van der Waals surface area contributed by atoms with E-state index in [1.54, 1.807) is 0 Å². The van der Waals surface area contributed by atoms with Gasteiger partial charge in [0.1, 0.15) is 0 Å². The summed E-state index contributed by atoms with van der Waals surface area (Å²) in [6.45, 7) is 0. The van der Waals surface area contributed by atoms with Crippen molar-refractivity contribution >= 4 is 29.0 Å². The predicted octanol–water partition coefficient (Wildman–Crippen LogP) is -0.363. The van der Waals surface area contributed by atoms with Crippen molar-refractivity contribution in [2.75, 3.05) is 11.0 Å². The molecule has 0 aliphatic heterocycles. The van der Waals surface area contributed by atoms with Crippen LogP contribution in [0.4, 0.5) is 10.1 Å². The van der Waals surface area contributed by atoms with Crippen molar-refractivity contribution < 1.29 is 23.8 Å². The molecule has 82 valence electrons. The normalized spacial score (nSPS) is 9.87. The number of sulfonamides is 1. The zero-order valence-corrected chi connectivity index (χ0v) is 8.62. The second kappa shape index (κ2) is 5.69. The van der Waals surface area contributed by atoms with Gasteiger partial charge in [0, 0.05) is 0 Å². The van der Waals surface area contributed by atoms with E-state index in [-0.39, 0.29) is 16.6 Å². The van der Waals surface area contributed by atoms with E-state index >= 15 is 0 Å². The van der Waals surface area contributed by atoms with E-state index in [1.165, 1.54) is 12.1 Å². The summed E-state index contributed by atoms with van der Waals surface area (Å²) in [7, 11) is 1.88. The molecule has 0 bridgehead atoms. The first-order valence-corrected chi connectivity index (χ1v) is 5.30. The van der Waals surface area contributed by atoms with Gasteiger partial charge in [-0.2, -0.15) is 0 Å². The van der Waals surface area contributed by atoms with Crippen molar-refractivity contribution in [1.82, 2.24) is 0 Å². The Bertz CT molecular complexity index is 423. The molecule has 15 heavy (non-hydrogen) atoms. The maximum Gasteiger partial charge on any atom is -0.870 e. The van der Waals surface area contributed by atoms with E-state index in [2.05, 4.69) is 0 Å². The molecular formula is C7H9BFNO4S. The molecule has 0 aromatic heterocycles. The van der Waals surface area contributed by atoms with Crippen LogP contribution < -0.4 is 10.2 Å². The van der Waals surface area contributed by atoms with Crippen molar-refractivity contribution in [3.05, 3.63) is 24.0 Å². The molecule has 0 amide bonds. The van der Waals surface area contributed by atoms with Crippen LogP contribution >= 0.6 is 0 Å². The second-order valence-corrected chi connectivity index (χ2v) is 4.36. The fourth-order valence-electron chi connectivity index (χ4n) is 0.821. The van der Waals surface area contributed by atoms with Gasteiger partial charge < -0.3 is 11.0 Å². The van der Waals surface area contributed by atoms with E-state index in [9.17, 15) is 12.8 Å². The van der Waals surface area contributed by atoms with Crippen LogP contribution in [0.5, 0.6) is 0 Å². The van der Waals surface area contributed by atoms with Gasteiger partial charge in [0.05, 0.1) is 0 Å². The van der Waals surface area contributed by atoms with Gasteiger partial charge in [0.2, 0.25) is 0 Å². The van der Waals surface area contributed by atoms with Crippen molar-refractivity contribution in [2.45, 2.75) is 0 Å². The van der Waals surface area contributed by atoms with E-state index in [0.29, 0.717) is 5.46 Å². The van der Waals surface area contributed by atoms with Crippen LogP contribution in [0, 0.1) is 5.82 Å². The summed E-state index contributed by atoms with van der Waals surface area (Å²) in [6, 6.07) is 3.67. The Kier molecular flexibility index (Phi) is 6.19. The van der Waals surface area contributed by atoms with Gasteiger partial charge in [-0.1, -0.05) is 0 Å². The third-order valence-corrected chi connectivity index (χ3v) is 1.88. The largest absolute Gasteiger partial charge is 0.870 e. The van der Waals surface area contributed by atoms with Crippen molar-refractivity contribution in [2.24, 2.45) is 0 Å². The van der Waals surface area contributed by atoms with Gasteiger partial charge in [-0.3, -0.25) is 0 Å². The maximum atomic E-state index is 12.9. The van der Waals surface area contributed by atoms with Crippen molar-refractivity contribution in [1.29, 1.82) is 0 Å². The number of halogens is 1. The molecule has 0 aliphatic carbocycles. The van der Waals surface area contributed by atoms with E-state index in [0.717, 1.165) is 12.3 Å². The summed E-state index contributed by atoms with van der Waals surface area (Å²) in [4.78, 5) is 0. The molecule has 0 radical (unpaired) electrons. The van der Waals surface area contributed by atoms with Gasteiger partial charge in [-0.05, 0) is 0 Å². The number of rotatable bonds is 2. The number of hydrogen-bond donors (Lipinski definition) is 1. The third-order valence-electron chi connectivity index (χ3n) is 1.29. The average Bonchev–Trinajstić information content (AvgIpc) is 1.94. The van der Waals surface area contributed by atoms with Gasteiger partial charge >= 0.3 is 76.8 Å². The molecule has 1 rings (SSSR count). The Labute approximate surface area is 88.4 Å². The number of hydrogen-bond acceptors (Lipinski definition) is 4. The van der Waals surface area contributed by atoms with Crippen LogP contribution in [0.3, 0.4) is 0 Å². The van der Waals surface area contributed by atoms with Crippen LogP contribution in [0.25, 0.3) is 0 Å². The molecule has 0 atom stereocenters. The Morgan fingerprint density at radius 1 is 1.33 bits per heavy atom. The fourth-order valence-corrected chi connectivity index (χ4v) is 1.38. The molecule has 5 nitrogen and oxygen atoms in total.